The van der Waals surface area contributed by atoms with E-state index in [0.717, 1.165) is 17.7 Å². The van der Waals surface area contributed by atoms with Crippen LogP contribution in [0.4, 0.5) is 25.0 Å². The van der Waals surface area contributed by atoms with Crippen molar-refractivity contribution in [3.05, 3.63) is 70.9 Å². The summed E-state index contributed by atoms with van der Waals surface area (Å²) in [5.74, 6) is -2.07. The number of nitrogens with one attached hydrogen (secondary N) is 3. The lowest BCUT2D eigenvalue weighted by Crippen LogP contribution is -2.46. The molecule has 0 fully saturated rings. The molecule has 1 aliphatic rings. The smallest absolute Gasteiger partial charge is 0.338 e. The summed E-state index contributed by atoms with van der Waals surface area (Å²) in [5.41, 5.74) is 2.13. The van der Waals surface area contributed by atoms with Crippen LogP contribution in [-0.2, 0) is 9.53 Å². The Morgan fingerprint density at radius 2 is 1.79 bits per heavy atom. The standard InChI is InChI=1S/C23H24F2N4O3S/c1-12(2)32-21(30)19-13(3)29(4)23(33)28-20(19)14-5-8-16(9-6-14)26-22(31)27-18-10-7-15(24)11-17(18)25/h5-12,20H,1-4H3,(H,28,33)(H2,26,27,31). The van der Waals surface area contributed by atoms with Crippen molar-refractivity contribution >= 4 is 40.7 Å². The van der Waals surface area contributed by atoms with Crippen LogP contribution < -0.4 is 16.0 Å². The first-order valence-corrected chi connectivity index (χ1v) is 10.6. The number of rotatable bonds is 5. The van der Waals surface area contributed by atoms with Gasteiger partial charge in [-0.2, -0.15) is 0 Å². The number of hydrogen-bond donors (Lipinski definition) is 3. The SMILES string of the molecule is CC1=C(C(=O)OC(C)C)C(c2ccc(NC(=O)Nc3ccc(F)cc3F)cc2)NC(=S)N1C. The minimum Gasteiger partial charge on any atom is -0.459 e. The quantitative estimate of drug-likeness (QED) is 0.431. The van der Waals surface area contributed by atoms with E-state index in [1.165, 1.54) is 0 Å². The van der Waals surface area contributed by atoms with Crippen LogP contribution in [0.3, 0.4) is 0 Å². The molecule has 0 spiro atoms. The van der Waals surface area contributed by atoms with E-state index in [2.05, 4.69) is 16.0 Å². The number of hydrogen-bond acceptors (Lipinski definition) is 4. The zero-order chi connectivity index (χ0) is 24.3. The van der Waals surface area contributed by atoms with E-state index >= 15 is 0 Å². The zero-order valence-corrected chi connectivity index (χ0v) is 19.3. The van der Waals surface area contributed by atoms with Gasteiger partial charge in [-0.05, 0) is 62.8 Å². The molecule has 3 rings (SSSR count). The lowest BCUT2D eigenvalue weighted by molar-refractivity contribution is -0.143. The van der Waals surface area contributed by atoms with Crippen LogP contribution in [0.5, 0.6) is 0 Å². The largest absolute Gasteiger partial charge is 0.459 e. The lowest BCUT2D eigenvalue weighted by Gasteiger charge is -2.35. The van der Waals surface area contributed by atoms with Crippen LogP contribution in [0, 0.1) is 11.6 Å². The summed E-state index contributed by atoms with van der Waals surface area (Å²) in [7, 11) is 1.76. The van der Waals surface area contributed by atoms with Crippen LogP contribution in [0.2, 0.25) is 0 Å². The van der Waals surface area contributed by atoms with E-state index < -0.39 is 29.7 Å². The van der Waals surface area contributed by atoms with Crippen LogP contribution in [0.25, 0.3) is 0 Å². The molecule has 33 heavy (non-hydrogen) atoms. The van der Waals surface area contributed by atoms with Gasteiger partial charge >= 0.3 is 12.0 Å². The Morgan fingerprint density at radius 3 is 2.39 bits per heavy atom. The molecule has 2 aromatic rings. The van der Waals surface area contributed by atoms with Crippen LogP contribution in [0.15, 0.2) is 53.7 Å². The molecule has 2 aromatic carbocycles. The van der Waals surface area contributed by atoms with E-state index in [1.54, 1.807) is 57.0 Å². The van der Waals surface area contributed by atoms with Gasteiger partial charge in [-0.3, -0.25) is 0 Å². The van der Waals surface area contributed by atoms with Gasteiger partial charge in [-0.1, -0.05) is 12.1 Å². The van der Waals surface area contributed by atoms with Crippen molar-refractivity contribution in [2.24, 2.45) is 0 Å². The van der Waals surface area contributed by atoms with Gasteiger partial charge in [0.2, 0.25) is 0 Å². The molecule has 3 N–H and O–H groups in total. The van der Waals surface area contributed by atoms with Gasteiger partial charge in [-0.15, -0.1) is 0 Å². The van der Waals surface area contributed by atoms with Crippen LogP contribution in [-0.4, -0.2) is 35.2 Å². The average molecular weight is 475 g/mol. The Morgan fingerprint density at radius 1 is 1.12 bits per heavy atom. The molecule has 0 aliphatic carbocycles. The third-order valence-electron chi connectivity index (χ3n) is 5.00. The van der Waals surface area contributed by atoms with E-state index in [4.69, 9.17) is 17.0 Å². The highest BCUT2D eigenvalue weighted by atomic mass is 32.1. The maximum Gasteiger partial charge on any atom is 0.338 e. The van der Waals surface area contributed by atoms with Crippen molar-refractivity contribution in [1.82, 2.24) is 10.2 Å². The number of esters is 1. The van der Waals surface area contributed by atoms with Gasteiger partial charge in [0.1, 0.15) is 11.6 Å². The molecule has 0 saturated heterocycles. The normalized spacial score (nSPS) is 15.9. The fourth-order valence-electron chi connectivity index (χ4n) is 3.26. The molecule has 0 saturated carbocycles. The second-order valence-corrected chi connectivity index (χ2v) is 8.11. The predicted molar refractivity (Wildman–Crippen MR) is 126 cm³/mol. The monoisotopic (exact) mass is 474 g/mol. The fraction of sp³-hybridized carbons (Fsp3) is 0.261. The number of halogens is 2. The summed E-state index contributed by atoms with van der Waals surface area (Å²) in [6, 6.07) is 8.38. The Balaban J connectivity index is 1.78. The van der Waals surface area contributed by atoms with Crippen molar-refractivity contribution in [1.29, 1.82) is 0 Å². The maximum atomic E-state index is 13.7. The second-order valence-electron chi connectivity index (χ2n) is 7.72. The molecular weight excluding hydrogens is 450 g/mol. The number of anilines is 2. The highest BCUT2D eigenvalue weighted by Gasteiger charge is 2.33. The third-order valence-corrected chi connectivity index (χ3v) is 5.39. The van der Waals surface area contributed by atoms with Gasteiger partial charge in [0.05, 0.1) is 23.4 Å². The molecule has 1 unspecified atom stereocenters. The number of ether oxygens (including phenoxy) is 1. The number of carbonyl (C=O) groups excluding carboxylic acids is 2. The molecule has 10 heteroatoms. The summed E-state index contributed by atoms with van der Waals surface area (Å²) < 4.78 is 32.2. The number of benzene rings is 2. The van der Waals surface area contributed by atoms with E-state index in [-0.39, 0.29) is 11.8 Å². The number of thiocarbonyl (C=S) groups is 1. The summed E-state index contributed by atoms with van der Waals surface area (Å²) in [6.07, 6.45) is -0.284. The first kappa shape index (κ1) is 24.1. The van der Waals surface area contributed by atoms with E-state index in [0.29, 0.717) is 28.1 Å². The lowest BCUT2D eigenvalue weighted by atomic mass is 9.95. The molecule has 2 amide bonds. The zero-order valence-electron chi connectivity index (χ0n) is 18.5. The highest BCUT2D eigenvalue weighted by Crippen LogP contribution is 2.31. The van der Waals surface area contributed by atoms with Gasteiger partial charge in [0.25, 0.3) is 0 Å². The number of nitrogens with zero attached hydrogens (tertiary/aromatic N) is 1. The van der Waals surface area contributed by atoms with Crippen molar-refractivity contribution in [2.75, 3.05) is 17.7 Å². The van der Waals surface area contributed by atoms with E-state index in [9.17, 15) is 18.4 Å². The number of amides is 2. The van der Waals surface area contributed by atoms with Crippen LogP contribution in [0.1, 0.15) is 32.4 Å². The third kappa shape index (κ3) is 5.64. The van der Waals surface area contributed by atoms with Gasteiger partial charge in [-0.25, -0.2) is 18.4 Å². The highest BCUT2D eigenvalue weighted by molar-refractivity contribution is 7.80. The van der Waals surface area contributed by atoms with Gasteiger partial charge in [0, 0.05) is 24.5 Å². The Hall–Kier alpha value is -3.53. The molecule has 0 radical (unpaired) electrons. The molecule has 7 nitrogen and oxygen atoms in total. The van der Waals surface area contributed by atoms with Crippen molar-refractivity contribution < 1.29 is 23.1 Å². The number of carbonyl (C=O) groups is 2. The van der Waals surface area contributed by atoms with Crippen molar-refractivity contribution in [3.8, 4) is 0 Å². The summed E-state index contributed by atoms with van der Waals surface area (Å²) in [4.78, 5) is 26.7. The molecule has 1 heterocycles. The Bertz CT molecular complexity index is 1120. The minimum absolute atomic E-state index is 0.150. The summed E-state index contributed by atoms with van der Waals surface area (Å²) >= 11 is 5.38. The Labute approximate surface area is 195 Å². The average Bonchev–Trinajstić information content (AvgIpc) is 2.73. The topological polar surface area (TPSA) is 82.7 Å². The van der Waals surface area contributed by atoms with Gasteiger partial charge in [0.15, 0.2) is 5.11 Å². The fourth-order valence-corrected chi connectivity index (χ4v) is 3.52. The first-order valence-electron chi connectivity index (χ1n) is 10.2. The predicted octanol–water partition coefficient (Wildman–Crippen LogP) is 4.70. The molecule has 1 aliphatic heterocycles. The number of urea groups is 1. The van der Waals surface area contributed by atoms with Crippen LogP contribution >= 0.6 is 12.2 Å². The second kappa shape index (κ2) is 9.95. The molecule has 174 valence electrons. The molecule has 0 bridgehead atoms. The Kier molecular flexibility index (Phi) is 7.27. The van der Waals surface area contributed by atoms with Crippen molar-refractivity contribution in [2.45, 2.75) is 32.9 Å². The number of allylic oxidation sites excluding steroid dienone is 1. The first-order chi connectivity index (χ1) is 15.6. The minimum atomic E-state index is -0.882. The molecular formula is C23H24F2N4O3S. The van der Waals surface area contributed by atoms with E-state index in [1.807, 2.05) is 0 Å². The molecule has 1 atom stereocenters. The van der Waals surface area contributed by atoms with Crippen molar-refractivity contribution in [3.63, 3.8) is 0 Å². The summed E-state index contributed by atoms with van der Waals surface area (Å²) in [6.45, 7) is 5.35. The molecule has 0 aromatic heterocycles. The maximum absolute atomic E-state index is 13.7. The van der Waals surface area contributed by atoms with Gasteiger partial charge < -0.3 is 25.6 Å². The summed E-state index contributed by atoms with van der Waals surface area (Å²) in [5, 5.41) is 8.51.